The van der Waals surface area contributed by atoms with Gasteiger partial charge >= 0.3 is 12.0 Å². The number of hydrogen-bond donors (Lipinski definition) is 4. The van der Waals surface area contributed by atoms with Gasteiger partial charge < -0.3 is 25.6 Å². The van der Waals surface area contributed by atoms with Gasteiger partial charge in [-0.2, -0.15) is 0 Å². The number of aliphatic carboxylic acids is 1. The SMILES string of the molecule is COc1ccccc1NC(=O)NCC(C)(O)C(=O)O. The Bertz CT molecular complexity index is 473. The third kappa shape index (κ3) is 4.14. The summed E-state index contributed by atoms with van der Waals surface area (Å²) in [6, 6.07) is 6.13. The van der Waals surface area contributed by atoms with Crippen LogP contribution in [-0.2, 0) is 4.79 Å². The van der Waals surface area contributed by atoms with Crippen LogP contribution in [0.15, 0.2) is 24.3 Å². The minimum absolute atomic E-state index is 0.413. The molecule has 19 heavy (non-hydrogen) atoms. The number of para-hydroxylation sites is 2. The normalized spacial score (nSPS) is 13.2. The van der Waals surface area contributed by atoms with E-state index >= 15 is 0 Å². The first kappa shape index (κ1) is 14.8. The quantitative estimate of drug-likeness (QED) is 0.627. The number of methoxy groups -OCH3 is 1. The van der Waals surface area contributed by atoms with Gasteiger partial charge in [0.15, 0.2) is 5.60 Å². The summed E-state index contributed by atoms with van der Waals surface area (Å²) in [6.07, 6.45) is 0. The molecule has 0 aromatic heterocycles. The first-order valence-electron chi connectivity index (χ1n) is 5.50. The van der Waals surface area contributed by atoms with Crippen molar-refractivity contribution in [3.8, 4) is 5.75 Å². The summed E-state index contributed by atoms with van der Waals surface area (Å²) >= 11 is 0. The van der Waals surface area contributed by atoms with E-state index in [0.29, 0.717) is 11.4 Å². The topological polar surface area (TPSA) is 108 Å². The third-order valence-electron chi connectivity index (χ3n) is 2.41. The average molecular weight is 268 g/mol. The van der Waals surface area contributed by atoms with Gasteiger partial charge in [-0.15, -0.1) is 0 Å². The Morgan fingerprint density at radius 1 is 1.37 bits per heavy atom. The summed E-state index contributed by atoms with van der Waals surface area (Å²) in [4.78, 5) is 22.2. The number of carboxylic acids is 1. The van der Waals surface area contributed by atoms with E-state index in [1.54, 1.807) is 24.3 Å². The molecule has 1 aromatic rings. The van der Waals surface area contributed by atoms with E-state index in [1.807, 2.05) is 0 Å². The number of urea groups is 1. The molecule has 0 saturated heterocycles. The van der Waals surface area contributed by atoms with Gasteiger partial charge in [0.1, 0.15) is 5.75 Å². The summed E-state index contributed by atoms with van der Waals surface area (Å²) in [5, 5.41) is 22.9. The van der Waals surface area contributed by atoms with E-state index in [0.717, 1.165) is 6.92 Å². The Labute approximate surface area is 110 Å². The monoisotopic (exact) mass is 268 g/mol. The van der Waals surface area contributed by atoms with E-state index in [4.69, 9.17) is 9.84 Å². The fourth-order valence-electron chi connectivity index (χ4n) is 1.24. The summed E-state index contributed by atoms with van der Waals surface area (Å²) < 4.78 is 5.04. The molecule has 4 N–H and O–H groups in total. The first-order chi connectivity index (χ1) is 8.86. The molecule has 1 atom stereocenters. The van der Waals surface area contributed by atoms with Crippen molar-refractivity contribution in [2.24, 2.45) is 0 Å². The standard InChI is InChI=1S/C12H16N2O5/c1-12(18,10(15)16)7-13-11(17)14-8-5-3-4-6-9(8)19-2/h3-6,18H,7H2,1-2H3,(H,15,16)(H2,13,14,17). The van der Waals surface area contributed by atoms with Crippen LogP contribution in [-0.4, -0.2) is 41.5 Å². The van der Waals surface area contributed by atoms with E-state index in [1.165, 1.54) is 7.11 Å². The Morgan fingerprint density at radius 3 is 2.58 bits per heavy atom. The van der Waals surface area contributed by atoms with Gasteiger partial charge in [-0.05, 0) is 19.1 Å². The summed E-state index contributed by atoms with van der Waals surface area (Å²) in [6.45, 7) is 0.683. The molecule has 0 radical (unpaired) electrons. The van der Waals surface area contributed by atoms with Crippen LogP contribution in [0.3, 0.4) is 0 Å². The molecule has 0 aliphatic rings. The lowest BCUT2D eigenvalue weighted by Gasteiger charge is -2.18. The number of nitrogens with one attached hydrogen (secondary N) is 2. The lowest BCUT2D eigenvalue weighted by molar-refractivity contribution is -0.155. The predicted octanol–water partition coefficient (Wildman–Crippen LogP) is 0.652. The molecule has 1 unspecified atom stereocenters. The molecule has 7 nitrogen and oxygen atoms in total. The second-order valence-corrected chi connectivity index (χ2v) is 4.09. The zero-order valence-electron chi connectivity index (χ0n) is 10.6. The highest BCUT2D eigenvalue weighted by Crippen LogP contribution is 2.22. The lowest BCUT2D eigenvalue weighted by atomic mass is 10.1. The summed E-state index contributed by atoms with van der Waals surface area (Å²) in [7, 11) is 1.47. The number of hydrogen-bond acceptors (Lipinski definition) is 4. The summed E-state index contributed by atoms with van der Waals surface area (Å²) in [5.74, 6) is -0.937. The molecule has 0 aliphatic heterocycles. The fraction of sp³-hybridized carbons (Fsp3) is 0.333. The van der Waals surface area contributed by atoms with Crippen molar-refractivity contribution in [2.45, 2.75) is 12.5 Å². The predicted molar refractivity (Wildman–Crippen MR) is 68.3 cm³/mol. The average Bonchev–Trinajstić information content (AvgIpc) is 2.37. The number of amides is 2. The number of ether oxygens (including phenoxy) is 1. The van der Waals surface area contributed by atoms with Gasteiger partial charge in [-0.3, -0.25) is 0 Å². The second kappa shape index (κ2) is 6.05. The van der Waals surface area contributed by atoms with E-state index in [2.05, 4.69) is 10.6 Å². The van der Waals surface area contributed by atoms with E-state index < -0.39 is 24.1 Å². The fourth-order valence-corrected chi connectivity index (χ4v) is 1.24. The van der Waals surface area contributed by atoms with Crippen LogP contribution in [0.4, 0.5) is 10.5 Å². The van der Waals surface area contributed by atoms with Gasteiger partial charge in [-0.25, -0.2) is 9.59 Å². The lowest BCUT2D eigenvalue weighted by Crippen LogP contribution is -2.47. The molecule has 104 valence electrons. The number of anilines is 1. The van der Waals surface area contributed by atoms with Crippen molar-refractivity contribution in [3.05, 3.63) is 24.3 Å². The Balaban J connectivity index is 2.59. The molecule has 0 aliphatic carbocycles. The highest BCUT2D eigenvalue weighted by Gasteiger charge is 2.30. The van der Waals surface area contributed by atoms with Crippen LogP contribution in [0.25, 0.3) is 0 Å². The zero-order valence-corrected chi connectivity index (χ0v) is 10.6. The maximum Gasteiger partial charge on any atom is 0.337 e. The Kier molecular flexibility index (Phi) is 4.71. The van der Waals surface area contributed by atoms with Gasteiger partial charge in [0.25, 0.3) is 0 Å². The minimum Gasteiger partial charge on any atom is -0.495 e. The van der Waals surface area contributed by atoms with Crippen LogP contribution in [0.5, 0.6) is 5.75 Å². The number of carboxylic acid groups (broad SMARTS) is 1. The Morgan fingerprint density at radius 2 is 2.00 bits per heavy atom. The van der Waals surface area contributed by atoms with Crippen molar-refractivity contribution in [1.29, 1.82) is 0 Å². The van der Waals surface area contributed by atoms with Gasteiger partial charge in [0, 0.05) is 0 Å². The largest absolute Gasteiger partial charge is 0.495 e. The minimum atomic E-state index is -2.02. The van der Waals surface area contributed by atoms with Crippen molar-refractivity contribution in [2.75, 3.05) is 19.0 Å². The third-order valence-corrected chi connectivity index (χ3v) is 2.41. The maximum absolute atomic E-state index is 11.6. The van der Waals surface area contributed by atoms with Crippen molar-refractivity contribution >= 4 is 17.7 Å². The number of carbonyl (C=O) groups is 2. The molecular formula is C12H16N2O5. The number of rotatable bonds is 5. The molecule has 7 heteroatoms. The van der Waals surface area contributed by atoms with Gasteiger partial charge in [0.2, 0.25) is 0 Å². The first-order valence-corrected chi connectivity index (χ1v) is 5.50. The van der Waals surface area contributed by atoms with Crippen LogP contribution < -0.4 is 15.4 Å². The number of carbonyl (C=O) groups excluding carboxylic acids is 1. The van der Waals surface area contributed by atoms with Gasteiger partial charge in [-0.1, -0.05) is 12.1 Å². The van der Waals surface area contributed by atoms with Crippen molar-refractivity contribution in [3.63, 3.8) is 0 Å². The number of aliphatic hydroxyl groups is 1. The van der Waals surface area contributed by atoms with Crippen LogP contribution in [0.1, 0.15) is 6.92 Å². The second-order valence-electron chi connectivity index (χ2n) is 4.09. The van der Waals surface area contributed by atoms with Crippen LogP contribution in [0, 0.1) is 0 Å². The molecule has 0 saturated carbocycles. The zero-order chi connectivity index (χ0) is 14.5. The Hall–Kier alpha value is -2.28. The van der Waals surface area contributed by atoms with Crippen LogP contribution in [0.2, 0.25) is 0 Å². The molecule has 1 rings (SSSR count). The molecule has 0 fully saturated rings. The maximum atomic E-state index is 11.6. The molecule has 1 aromatic carbocycles. The molecule has 2 amide bonds. The smallest absolute Gasteiger partial charge is 0.337 e. The molecule has 0 heterocycles. The highest BCUT2D eigenvalue weighted by atomic mass is 16.5. The van der Waals surface area contributed by atoms with E-state index in [9.17, 15) is 14.7 Å². The molecule has 0 spiro atoms. The van der Waals surface area contributed by atoms with E-state index in [-0.39, 0.29) is 0 Å². The number of benzene rings is 1. The van der Waals surface area contributed by atoms with Crippen molar-refractivity contribution < 1.29 is 24.5 Å². The highest BCUT2D eigenvalue weighted by molar-refractivity contribution is 5.91. The van der Waals surface area contributed by atoms with Crippen molar-refractivity contribution in [1.82, 2.24) is 5.32 Å². The molecular weight excluding hydrogens is 252 g/mol. The molecule has 0 bridgehead atoms. The van der Waals surface area contributed by atoms with Crippen LogP contribution >= 0.6 is 0 Å². The summed E-state index contributed by atoms with van der Waals surface area (Å²) in [5.41, 5.74) is -1.57. The van der Waals surface area contributed by atoms with Gasteiger partial charge in [0.05, 0.1) is 19.3 Å².